The minimum atomic E-state index is 0.0829. The van der Waals surface area contributed by atoms with Crippen LogP contribution in [0.3, 0.4) is 0 Å². The third kappa shape index (κ3) is 3.22. The second kappa shape index (κ2) is 6.61. The van der Waals surface area contributed by atoms with E-state index in [-0.39, 0.29) is 5.91 Å². The largest absolute Gasteiger partial charge is 0.330 e. The maximum atomic E-state index is 12.9. The summed E-state index contributed by atoms with van der Waals surface area (Å²) in [4.78, 5) is 19.4. The molecule has 1 aliphatic carbocycles. The van der Waals surface area contributed by atoms with Gasteiger partial charge in [0.2, 0.25) is 0 Å². The number of hydrogen-bond donors (Lipinski definition) is 0. The number of thiazole rings is 1. The van der Waals surface area contributed by atoms with Crippen molar-refractivity contribution in [3.63, 3.8) is 0 Å². The van der Waals surface area contributed by atoms with Crippen molar-refractivity contribution >= 4 is 17.2 Å². The average Bonchev–Trinajstić information content (AvgIpc) is 3.17. The number of aryl methyl sites for hydroxylation is 2. The van der Waals surface area contributed by atoms with Crippen LogP contribution in [0.2, 0.25) is 0 Å². The molecule has 0 radical (unpaired) electrons. The zero-order chi connectivity index (χ0) is 15.5. The lowest BCUT2D eigenvalue weighted by molar-refractivity contribution is 0.0658. The van der Waals surface area contributed by atoms with Crippen LogP contribution in [0.15, 0.2) is 29.6 Å². The van der Waals surface area contributed by atoms with Crippen LogP contribution in [0.4, 0.5) is 0 Å². The molecular weight excluding hydrogens is 292 g/mol. The summed E-state index contributed by atoms with van der Waals surface area (Å²) in [5.41, 5.74) is 3.07. The van der Waals surface area contributed by atoms with Gasteiger partial charge in [0.1, 0.15) is 5.69 Å². The number of hydrogen-bond acceptors (Lipinski definition) is 3. The first-order valence-electron chi connectivity index (χ1n) is 7.93. The standard InChI is InChI=1S/C18H22N2OS/c1-13-7-3-4-8-15(13)11-20(16-9-5-6-10-16)18(21)17-12-22-14(2)19-17/h3-4,7-8,12,16H,5-6,9-11H2,1-2H3. The molecule has 1 aromatic heterocycles. The van der Waals surface area contributed by atoms with E-state index in [9.17, 15) is 4.79 Å². The van der Waals surface area contributed by atoms with E-state index in [0.29, 0.717) is 18.3 Å². The highest BCUT2D eigenvalue weighted by atomic mass is 32.1. The highest BCUT2D eigenvalue weighted by Crippen LogP contribution is 2.27. The van der Waals surface area contributed by atoms with Gasteiger partial charge in [0, 0.05) is 18.0 Å². The molecular formula is C18H22N2OS. The third-order valence-electron chi connectivity index (χ3n) is 4.47. The van der Waals surface area contributed by atoms with Gasteiger partial charge in [-0.15, -0.1) is 11.3 Å². The zero-order valence-corrected chi connectivity index (χ0v) is 14.0. The molecule has 3 rings (SSSR count). The molecule has 116 valence electrons. The van der Waals surface area contributed by atoms with Crippen LogP contribution in [-0.2, 0) is 6.54 Å². The molecule has 1 amide bonds. The average molecular weight is 314 g/mol. The number of nitrogens with zero attached hydrogens (tertiary/aromatic N) is 2. The van der Waals surface area contributed by atoms with Gasteiger partial charge >= 0.3 is 0 Å². The van der Waals surface area contributed by atoms with E-state index < -0.39 is 0 Å². The highest BCUT2D eigenvalue weighted by molar-refractivity contribution is 7.09. The normalized spacial score (nSPS) is 15.2. The Morgan fingerprint density at radius 2 is 2.00 bits per heavy atom. The summed E-state index contributed by atoms with van der Waals surface area (Å²) in [5, 5.41) is 2.84. The van der Waals surface area contributed by atoms with Gasteiger partial charge in [0.15, 0.2) is 0 Å². The van der Waals surface area contributed by atoms with Crippen LogP contribution in [0.5, 0.6) is 0 Å². The lowest BCUT2D eigenvalue weighted by atomic mass is 10.1. The molecule has 1 aliphatic rings. The molecule has 0 unspecified atom stereocenters. The van der Waals surface area contributed by atoms with E-state index in [4.69, 9.17) is 0 Å². The van der Waals surface area contributed by atoms with Gasteiger partial charge < -0.3 is 4.90 Å². The van der Waals surface area contributed by atoms with Crippen LogP contribution in [-0.4, -0.2) is 21.8 Å². The van der Waals surface area contributed by atoms with Crippen molar-refractivity contribution in [3.8, 4) is 0 Å². The van der Waals surface area contributed by atoms with E-state index in [1.165, 1.54) is 24.0 Å². The summed E-state index contributed by atoms with van der Waals surface area (Å²) in [6.07, 6.45) is 4.66. The molecule has 2 aromatic rings. The summed E-state index contributed by atoms with van der Waals surface area (Å²) in [6.45, 7) is 4.75. The number of carbonyl (C=O) groups is 1. The molecule has 0 bridgehead atoms. The molecule has 1 heterocycles. The molecule has 1 fully saturated rings. The first-order chi connectivity index (χ1) is 10.6. The number of aromatic nitrogens is 1. The van der Waals surface area contributed by atoms with Gasteiger partial charge in [-0.2, -0.15) is 0 Å². The third-order valence-corrected chi connectivity index (χ3v) is 5.24. The number of carbonyl (C=O) groups excluding carboxylic acids is 1. The quantitative estimate of drug-likeness (QED) is 0.841. The van der Waals surface area contributed by atoms with Gasteiger partial charge in [-0.3, -0.25) is 4.79 Å². The second-order valence-corrected chi connectivity index (χ2v) is 7.11. The minimum Gasteiger partial charge on any atom is -0.330 e. The van der Waals surface area contributed by atoms with Crippen molar-refractivity contribution in [1.82, 2.24) is 9.88 Å². The molecule has 22 heavy (non-hydrogen) atoms. The summed E-state index contributed by atoms with van der Waals surface area (Å²) in [7, 11) is 0. The Morgan fingerprint density at radius 1 is 1.27 bits per heavy atom. The molecule has 3 nitrogen and oxygen atoms in total. The van der Waals surface area contributed by atoms with Crippen LogP contribution in [0, 0.1) is 13.8 Å². The first kappa shape index (κ1) is 15.2. The van der Waals surface area contributed by atoms with Crippen molar-refractivity contribution < 1.29 is 4.79 Å². The molecule has 0 spiro atoms. The van der Waals surface area contributed by atoms with Crippen molar-refractivity contribution in [2.45, 2.75) is 52.1 Å². The highest BCUT2D eigenvalue weighted by Gasteiger charge is 2.28. The molecule has 4 heteroatoms. The van der Waals surface area contributed by atoms with Gasteiger partial charge in [0.05, 0.1) is 5.01 Å². The Labute approximate surface area is 136 Å². The van der Waals surface area contributed by atoms with Gasteiger partial charge in [-0.1, -0.05) is 37.1 Å². The predicted molar refractivity (Wildman–Crippen MR) is 90.2 cm³/mol. The van der Waals surface area contributed by atoms with Crippen molar-refractivity contribution in [3.05, 3.63) is 51.5 Å². The number of amides is 1. The Balaban J connectivity index is 1.87. The van der Waals surface area contributed by atoms with E-state index >= 15 is 0 Å². The lowest BCUT2D eigenvalue weighted by Crippen LogP contribution is -2.38. The summed E-state index contributed by atoms with van der Waals surface area (Å²) in [5.74, 6) is 0.0829. The maximum absolute atomic E-state index is 12.9. The minimum absolute atomic E-state index is 0.0829. The monoisotopic (exact) mass is 314 g/mol. The van der Waals surface area contributed by atoms with Crippen LogP contribution >= 0.6 is 11.3 Å². The first-order valence-corrected chi connectivity index (χ1v) is 8.80. The summed E-state index contributed by atoms with van der Waals surface area (Å²) < 4.78 is 0. The van der Waals surface area contributed by atoms with Crippen LogP contribution in [0.1, 0.15) is 52.3 Å². The Morgan fingerprint density at radius 3 is 2.64 bits per heavy atom. The SMILES string of the molecule is Cc1nc(C(=O)N(Cc2ccccc2C)C2CCCC2)cs1. The maximum Gasteiger partial charge on any atom is 0.273 e. The van der Waals surface area contributed by atoms with E-state index in [1.807, 2.05) is 29.3 Å². The van der Waals surface area contributed by atoms with Crippen LogP contribution in [0.25, 0.3) is 0 Å². The molecule has 0 saturated heterocycles. The number of rotatable bonds is 4. The second-order valence-electron chi connectivity index (χ2n) is 6.05. The van der Waals surface area contributed by atoms with E-state index in [0.717, 1.165) is 17.8 Å². The Kier molecular flexibility index (Phi) is 4.57. The molecule has 0 aliphatic heterocycles. The van der Waals surface area contributed by atoms with E-state index in [2.05, 4.69) is 24.0 Å². The number of benzene rings is 1. The van der Waals surface area contributed by atoms with Crippen molar-refractivity contribution in [1.29, 1.82) is 0 Å². The zero-order valence-electron chi connectivity index (χ0n) is 13.2. The summed E-state index contributed by atoms with van der Waals surface area (Å²) >= 11 is 1.54. The van der Waals surface area contributed by atoms with Crippen LogP contribution < -0.4 is 0 Å². The van der Waals surface area contributed by atoms with Gasteiger partial charge in [-0.25, -0.2) is 4.98 Å². The molecule has 0 N–H and O–H groups in total. The van der Waals surface area contributed by atoms with Gasteiger partial charge in [-0.05, 0) is 37.8 Å². The fourth-order valence-electron chi connectivity index (χ4n) is 3.16. The lowest BCUT2D eigenvalue weighted by Gasteiger charge is -2.29. The Hall–Kier alpha value is -1.68. The molecule has 1 saturated carbocycles. The fraction of sp³-hybridized carbons (Fsp3) is 0.444. The predicted octanol–water partition coefficient (Wildman–Crippen LogP) is 4.34. The van der Waals surface area contributed by atoms with Gasteiger partial charge in [0.25, 0.3) is 5.91 Å². The summed E-state index contributed by atoms with van der Waals surface area (Å²) in [6, 6.07) is 8.68. The topological polar surface area (TPSA) is 33.2 Å². The molecule has 1 aromatic carbocycles. The van der Waals surface area contributed by atoms with E-state index in [1.54, 1.807) is 11.3 Å². The molecule has 0 atom stereocenters. The fourth-order valence-corrected chi connectivity index (χ4v) is 3.75. The Bertz CT molecular complexity index is 659. The smallest absolute Gasteiger partial charge is 0.273 e. The van der Waals surface area contributed by atoms with Crippen molar-refractivity contribution in [2.24, 2.45) is 0 Å². The van der Waals surface area contributed by atoms with Crippen molar-refractivity contribution in [2.75, 3.05) is 0 Å².